The predicted molar refractivity (Wildman–Crippen MR) is 52.6 cm³/mol. The predicted octanol–water partition coefficient (Wildman–Crippen LogP) is 2.29. The number of furan rings is 1. The van der Waals surface area contributed by atoms with E-state index < -0.39 is 0 Å². The number of hydrogen-bond acceptors (Lipinski definition) is 2. The number of rotatable bonds is 2. The van der Waals surface area contributed by atoms with Crippen LogP contribution in [0.2, 0.25) is 0 Å². The van der Waals surface area contributed by atoms with E-state index in [0.29, 0.717) is 11.8 Å². The monoisotopic (exact) mass is 179 g/mol. The van der Waals surface area contributed by atoms with E-state index in [9.17, 15) is 0 Å². The summed E-state index contributed by atoms with van der Waals surface area (Å²) in [7, 11) is 0. The minimum atomic E-state index is 0.580. The van der Waals surface area contributed by atoms with Crippen LogP contribution < -0.4 is 5.73 Å². The average Bonchev–Trinajstić information content (AvgIpc) is 2.63. The molecule has 1 aliphatic rings. The molecule has 0 aliphatic heterocycles. The van der Waals surface area contributed by atoms with Crippen LogP contribution in [0.3, 0.4) is 0 Å². The van der Waals surface area contributed by atoms with E-state index in [1.165, 1.54) is 24.2 Å². The minimum Gasteiger partial charge on any atom is -0.469 e. The van der Waals surface area contributed by atoms with E-state index >= 15 is 0 Å². The molecular weight excluding hydrogens is 162 g/mol. The van der Waals surface area contributed by atoms with E-state index in [1.54, 1.807) is 0 Å². The molecular formula is C11H17NO. The summed E-state index contributed by atoms with van der Waals surface area (Å²) >= 11 is 0. The van der Waals surface area contributed by atoms with E-state index in [0.717, 1.165) is 13.0 Å². The number of aryl methyl sites for hydroxylation is 1. The highest BCUT2D eigenvalue weighted by Crippen LogP contribution is 2.36. The van der Waals surface area contributed by atoms with Gasteiger partial charge in [-0.2, -0.15) is 0 Å². The Balaban J connectivity index is 2.24. The molecule has 0 bridgehead atoms. The van der Waals surface area contributed by atoms with Crippen molar-refractivity contribution in [2.24, 2.45) is 11.7 Å². The van der Waals surface area contributed by atoms with E-state index in [-0.39, 0.29) is 0 Å². The van der Waals surface area contributed by atoms with Crippen LogP contribution >= 0.6 is 0 Å². The highest BCUT2D eigenvalue weighted by molar-refractivity contribution is 5.25. The molecule has 1 aromatic heterocycles. The van der Waals surface area contributed by atoms with Crippen molar-refractivity contribution in [3.63, 3.8) is 0 Å². The molecule has 0 amide bonds. The van der Waals surface area contributed by atoms with Gasteiger partial charge in [0.15, 0.2) is 0 Å². The van der Waals surface area contributed by atoms with Gasteiger partial charge in [-0.25, -0.2) is 0 Å². The largest absolute Gasteiger partial charge is 0.469 e. The Kier molecular flexibility index (Phi) is 2.40. The lowest BCUT2D eigenvalue weighted by Gasteiger charge is -2.26. The van der Waals surface area contributed by atoms with Crippen molar-refractivity contribution in [3.8, 4) is 0 Å². The van der Waals surface area contributed by atoms with Crippen molar-refractivity contribution >= 4 is 0 Å². The number of nitrogens with two attached hydrogens (primary N) is 1. The third kappa shape index (κ3) is 1.51. The Bertz CT molecular complexity index is 279. The fraction of sp³-hybridized carbons (Fsp3) is 0.636. The van der Waals surface area contributed by atoms with Gasteiger partial charge in [-0.15, -0.1) is 0 Å². The number of fused-ring (bicyclic) bond motifs is 1. The standard InChI is InChI=1S/C11H17NO/c1-8(7-12)9-3-2-4-11-10(9)5-6-13-11/h5-6,8-9H,2-4,7,12H2,1H3. The SMILES string of the molecule is CC(CN)C1CCCc2occc21. The zero-order valence-electron chi connectivity index (χ0n) is 8.12. The molecule has 2 unspecified atom stereocenters. The maximum absolute atomic E-state index is 5.70. The first-order valence-electron chi connectivity index (χ1n) is 5.09. The molecule has 1 aliphatic carbocycles. The molecule has 13 heavy (non-hydrogen) atoms. The topological polar surface area (TPSA) is 39.2 Å². The van der Waals surface area contributed by atoms with Gasteiger partial charge >= 0.3 is 0 Å². The first-order valence-corrected chi connectivity index (χ1v) is 5.09. The second-order valence-electron chi connectivity index (χ2n) is 4.01. The van der Waals surface area contributed by atoms with Crippen LogP contribution in [-0.2, 0) is 6.42 Å². The quantitative estimate of drug-likeness (QED) is 0.756. The molecule has 0 aromatic carbocycles. The van der Waals surface area contributed by atoms with Crippen LogP contribution in [0.1, 0.15) is 37.0 Å². The van der Waals surface area contributed by atoms with Gasteiger partial charge in [0.05, 0.1) is 6.26 Å². The summed E-state index contributed by atoms with van der Waals surface area (Å²) in [6, 6.07) is 2.12. The maximum atomic E-state index is 5.70. The molecule has 0 spiro atoms. The molecule has 2 rings (SSSR count). The molecule has 2 nitrogen and oxygen atoms in total. The van der Waals surface area contributed by atoms with Crippen LogP contribution in [-0.4, -0.2) is 6.54 Å². The highest BCUT2D eigenvalue weighted by atomic mass is 16.3. The van der Waals surface area contributed by atoms with Crippen LogP contribution in [0.5, 0.6) is 0 Å². The van der Waals surface area contributed by atoms with Crippen molar-refractivity contribution in [2.75, 3.05) is 6.54 Å². The molecule has 2 N–H and O–H groups in total. The third-order valence-corrected chi connectivity index (χ3v) is 3.16. The van der Waals surface area contributed by atoms with Gasteiger partial charge in [-0.3, -0.25) is 0 Å². The van der Waals surface area contributed by atoms with E-state index in [1.807, 2.05) is 6.26 Å². The first-order chi connectivity index (χ1) is 6.33. The zero-order valence-corrected chi connectivity index (χ0v) is 8.12. The van der Waals surface area contributed by atoms with Crippen molar-refractivity contribution < 1.29 is 4.42 Å². The van der Waals surface area contributed by atoms with Crippen molar-refractivity contribution in [1.29, 1.82) is 0 Å². The summed E-state index contributed by atoms with van der Waals surface area (Å²) in [5, 5.41) is 0. The van der Waals surface area contributed by atoms with Gasteiger partial charge in [-0.05, 0) is 42.9 Å². The summed E-state index contributed by atoms with van der Waals surface area (Å²) in [6.45, 7) is 3.00. The Morgan fingerprint density at radius 1 is 1.69 bits per heavy atom. The van der Waals surface area contributed by atoms with Crippen LogP contribution in [0.15, 0.2) is 16.7 Å². The Morgan fingerprint density at radius 3 is 3.31 bits per heavy atom. The minimum absolute atomic E-state index is 0.580. The summed E-state index contributed by atoms with van der Waals surface area (Å²) < 4.78 is 5.44. The first kappa shape index (κ1) is 8.82. The van der Waals surface area contributed by atoms with Gasteiger partial charge in [0.1, 0.15) is 5.76 Å². The van der Waals surface area contributed by atoms with Crippen molar-refractivity contribution in [1.82, 2.24) is 0 Å². The molecule has 2 atom stereocenters. The Hall–Kier alpha value is -0.760. The summed E-state index contributed by atoms with van der Waals surface area (Å²) in [5.41, 5.74) is 7.10. The molecule has 0 fully saturated rings. The zero-order chi connectivity index (χ0) is 9.26. The maximum Gasteiger partial charge on any atom is 0.107 e. The fourth-order valence-electron chi connectivity index (χ4n) is 2.28. The molecule has 0 saturated heterocycles. The summed E-state index contributed by atoms with van der Waals surface area (Å²) in [5.74, 6) is 2.40. The van der Waals surface area contributed by atoms with Gasteiger partial charge in [-0.1, -0.05) is 6.92 Å². The molecule has 0 radical (unpaired) electrons. The van der Waals surface area contributed by atoms with Gasteiger partial charge < -0.3 is 10.2 Å². The van der Waals surface area contributed by atoms with Crippen molar-refractivity contribution in [3.05, 3.63) is 23.7 Å². The second-order valence-corrected chi connectivity index (χ2v) is 4.01. The normalized spacial score (nSPS) is 24.0. The lowest BCUT2D eigenvalue weighted by Crippen LogP contribution is -2.21. The molecule has 2 heteroatoms. The van der Waals surface area contributed by atoms with Gasteiger partial charge in [0.25, 0.3) is 0 Å². The second kappa shape index (κ2) is 3.54. The molecule has 72 valence electrons. The van der Waals surface area contributed by atoms with Crippen molar-refractivity contribution in [2.45, 2.75) is 32.1 Å². The van der Waals surface area contributed by atoms with Crippen LogP contribution in [0.25, 0.3) is 0 Å². The lowest BCUT2D eigenvalue weighted by atomic mass is 9.79. The van der Waals surface area contributed by atoms with E-state index in [4.69, 9.17) is 10.2 Å². The Morgan fingerprint density at radius 2 is 2.54 bits per heavy atom. The number of hydrogen-bond donors (Lipinski definition) is 1. The van der Waals surface area contributed by atoms with E-state index in [2.05, 4.69) is 13.0 Å². The van der Waals surface area contributed by atoms with Crippen LogP contribution in [0.4, 0.5) is 0 Å². The Labute approximate surface area is 79.1 Å². The average molecular weight is 179 g/mol. The third-order valence-electron chi connectivity index (χ3n) is 3.16. The van der Waals surface area contributed by atoms with Gasteiger partial charge in [0.2, 0.25) is 0 Å². The molecule has 1 aromatic rings. The lowest BCUT2D eigenvalue weighted by molar-refractivity contribution is 0.383. The summed E-state index contributed by atoms with van der Waals surface area (Å²) in [6.07, 6.45) is 5.43. The highest BCUT2D eigenvalue weighted by Gasteiger charge is 2.26. The summed E-state index contributed by atoms with van der Waals surface area (Å²) in [4.78, 5) is 0. The van der Waals surface area contributed by atoms with Crippen LogP contribution in [0, 0.1) is 5.92 Å². The molecule has 1 heterocycles. The van der Waals surface area contributed by atoms with Gasteiger partial charge in [0, 0.05) is 6.42 Å². The molecule has 0 saturated carbocycles. The fourth-order valence-corrected chi connectivity index (χ4v) is 2.28. The smallest absolute Gasteiger partial charge is 0.107 e.